The topological polar surface area (TPSA) is 42.0 Å². The number of benzene rings is 2. The van der Waals surface area contributed by atoms with Crippen LogP contribution in [0.2, 0.25) is 0 Å². The highest BCUT2D eigenvalue weighted by Gasteiger charge is 2.22. The molecule has 0 saturated carbocycles. The number of nitrogens with zero attached hydrogens (tertiary/aromatic N) is 2. The van der Waals surface area contributed by atoms with Crippen molar-refractivity contribution in [3.05, 3.63) is 66.2 Å². The highest BCUT2D eigenvalue weighted by molar-refractivity contribution is 5.94. The molecule has 27 heavy (non-hydrogen) atoms. The van der Waals surface area contributed by atoms with Gasteiger partial charge in [-0.15, -0.1) is 0 Å². The molecule has 5 nitrogen and oxygen atoms in total. The fourth-order valence-electron chi connectivity index (χ4n) is 3.07. The summed E-state index contributed by atoms with van der Waals surface area (Å²) in [4.78, 5) is 17.0. The van der Waals surface area contributed by atoms with Gasteiger partial charge >= 0.3 is 0 Å². The first-order chi connectivity index (χ1) is 13.1. The van der Waals surface area contributed by atoms with E-state index in [1.165, 1.54) is 0 Å². The first-order valence-electron chi connectivity index (χ1n) is 9.12. The van der Waals surface area contributed by atoms with Crippen LogP contribution in [0.4, 0.5) is 5.69 Å². The average molecular weight is 366 g/mol. The fourth-order valence-corrected chi connectivity index (χ4v) is 3.07. The van der Waals surface area contributed by atoms with Gasteiger partial charge in [0.1, 0.15) is 18.1 Å². The molecular weight excluding hydrogens is 340 g/mol. The second-order valence-electron chi connectivity index (χ2n) is 6.75. The molecule has 0 aromatic heterocycles. The van der Waals surface area contributed by atoms with Gasteiger partial charge in [0.25, 0.3) is 5.91 Å². The minimum atomic E-state index is 0.0464. The largest absolute Gasteiger partial charge is 0.497 e. The summed E-state index contributed by atoms with van der Waals surface area (Å²) in [6, 6.07) is 15.4. The molecule has 2 aromatic rings. The van der Waals surface area contributed by atoms with Gasteiger partial charge in [-0.05, 0) is 55.0 Å². The Balaban J connectivity index is 1.59. The lowest BCUT2D eigenvalue weighted by atomic mass is 10.1. The van der Waals surface area contributed by atoms with Crippen molar-refractivity contribution in [3.63, 3.8) is 0 Å². The second kappa shape index (κ2) is 8.62. The van der Waals surface area contributed by atoms with Crippen molar-refractivity contribution in [1.29, 1.82) is 0 Å². The lowest BCUT2D eigenvalue weighted by molar-refractivity contribution is 0.0746. The maximum atomic E-state index is 12.8. The summed E-state index contributed by atoms with van der Waals surface area (Å²) >= 11 is 0. The summed E-state index contributed by atoms with van der Waals surface area (Å²) in [7, 11) is 1.66. The van der Waals surface area contributed by atoms with Crippen LogP contribution in [0.1, 0.15) is 17.3 Å². The lowest BCUT2D eigenvalue weighted by Gasteiger charge is -2.36. The molecule has 0 unspecified atom stereocenters. The Morgan fingerprint density at radius 1 is 1.04 bits per heavy atom. The summed E-state index contributed by atoms with van der Waals surface area (Å²) in [6.45, 7) is 9.21. The second-order valence-corrected chi connectivity index (χ2v) is 6.75. The Labute approximate surface area is 160 Å². The number of amides is 1. The normalized spacial score (nSPS) is 14.0. The van der Waals surface area contributed by atoms with Crippen LogP contribution < -0.4 is 14.4 Å². The summed E-state index contributed by atoms with van der Waals surface area (Å²) in [6.07, 6.45) is 0. The van der Waals surface area contributed by atoms with Crippen LogP contribution in [0.25, 0.3) is 0 Å². The summed E-state index contributed by atoms with van der Waals surface area (Å²) < 4.78 is 10.9. The molecule has 0 spiro atoms. The van der Waals surface area contributed by atoms with Crippen molar-refractivity contribution in [2.24, 2.45) is 0 Å². The van der Waals surface area contributed by atoms with E-state index < -0.39 is 0 Å². The Kier molecular flexibility index (Phi) is 6.01. The van der Waals surface area contributed by atoms with Crippen LogP contribution in [0.15, 0.2) is 60.7 Å². The summed E-state index contributed by atoms with van der Waals surface area (Å²) in [5.74, 6) is 1.59. The van der Waals surface area contributed by atoms with Gasteiger partial charge < -0.3 is 19.3 Å². The van der Waals surface area contributed by atoms with E-state index in [1.54, 1.807) is 13.2 Å². The molecular formula is C22H26N2O3. The number of methoxy groups -OCH3 is 1. The third-order valence-corrected chi connectivity index (χ3v) is 4.57. The zero-order valence-corrected chi connectivity index (χ0v) is 16.0. The summed E-state index contributed by atoms with van der Waals surface area (Å²) in [5.41, 5.74) is 2.76. The number of carbonyl (C=O) groups is 1. The van der Waals surface area contributed by atoms with E-state index in [9.17, 15) is 4.79 Å². The highest BCUT2D eigenvalue weighted by Crippen LogP contribution is 2.22. The van der Waals surface area contributed by atoms with E-state index in [-0.39, 0.29) is 5.91 Å². The quantitative estimate of drug-likeness (QED) is 0.733. The van der Waals surface area contributed by atoms with Crippen molar-refractivity contribution in [2.45, 2.75) is 6.92 Å². The van der Waals surface area contributed by atoms with E-state index in [1.807, 2.05) is 42.2 Å². The molecule has 0 aliphatic carbocycles. The van der Waals surface area contributed by atoms with Gasteiger partial charge in [-0.1, -0.05) is 12.6 Å². The lowest BCUT2D eigenvalue weighted by Crippen LogP contribution is -2.48. The SMILES string of the molecule is C=C(C)COc1cccc(C(=O)N2CCN(c3ccc(OC)cc3)CC2)c1. The molecule has 1 aliphatic heterocycles. The maximum absolute atomic E-state index is 12.8. The first-order valence-corrected chi connectivity index (χ1v) is 9.12. The molecule has 1 saturated heterocycles. The van der Waals surface area contributed by atoms with Gasteiger partial charge in [0, 0.05) is 37.4 Å². The number of anilines is 1. The van der Waals surface area contributed by atoms with Gasteiger partial charge in [0.05, 0.1) is 7.11 Å². The average Bonchev–Trinajstić information content (AvgIpc) is 2.72. The predicted octanol–water partition coefficient (Wildman–Crippen LogP) is 3.61. The van der Waals surface area contributed by atoms with Crippen LogP contribution in [0, 0.1) is 0 Å². The molecule has 1 heterocycles. The van der Waals surface area contributed by atoms with Gasteiger partial charge in [0.2, 0.25) is 0 Å². The van der Waals surface area contributed by atoms with E-state index in [2.05, 4.69) is 23.6 Å². The van der Waals surface area contributed by atoms with Crippen LogP contribution in [0.5, 0.6) is 11.5 Å². The summed E-state index contributed by atoms with van der Waals surface area (Å²) in [5, 5.41) is 0. The molecule has 142 valence electrons. The number of piperazine rings is 1. The third kappa shape index (κ3) is 4.82. The number of carbonyl (C=O) groups excluding carboxylic acids is 1. The molecule has 5 heteroatoms. The smallest absolute Gasteiger partial charge is 0.254 e. The van der Waals surface area contributed by atoms with Crippen LogP contribution in [-0.2, 0) is 0 Å². The van der Waals surface area contributed by atoms with Crippen molar-refractivity contribution >= 4 is 11.6 Å². The van der Waals surface area contributed by atoms with Crippen molar-refractivity contribution < 1.29 is 14.3 Å². The fraction of sp³-hybridized carbons (Fsp3) is 0.318. The van der Waals surface area contributed by atoms with Crippen molar-refractivity contribution in [1.82, 2.24) is 4.90 Å². The highest BCUT2D eigenvalue weighted by atomic mass is 16.5. The zero-order chi connectivity index (χ0) is 19.2. The molecule has 1 aliphatic rings. The van der Waals surface area contributed by atoms with Crippen molar-refractivity contribution in [3.8, 4) is 11.5 Å². The molecule has 0 radical (unpaired) electrons. The van der Waals surface area contributed by atoms with Crippen LogP contribution >= 0.6 is 0 Å². The molecule has 0 N–H and O–H groups in total. The molecule has 3 rings (SSSR count). The van der Waals surface area contributed by atoms with E-state index in [0.717, 1.165) is 30.1 Å². The zero-order valence-electron chi connectivity index (χ0n) is 16.0. The number of hydrogen-bond donors (Lipinski definition) is 0. The monoisotopic (exact) mass is 366 g/mol. The Bertz CT molecular complexity index is 793. The minimum Gasteiger partial charge on any atom is -0.497 e. The van der Waals surface area contributed by atoms with E-state index in [0.29, 0.717) is 31.0 Å². The first kappa shape index (κ1) is 18.8. The number of rotatable bonds is 6. The number of ether oxygens (including phenoxy) is 2. The van der Waals surface area contributed by atoms with Crippen molar-refractivity contribution in [2.75, 3.05) is 44.8 Å². The maximum Gasteiger partial charge on any atom is 0.254 e. The molecule has 1 fully saturated rings. The van der Waals surface area contributed by atoms with E-state index in [4.69, 9.17) is 9.47 Å². The standard InChI is InChI=1S/C22H26N2O3/c1-17(2)16-27-21-6-4-5-18(15-21)22(25)24-13-11-23(12-14-24)19-7-9-20(26-3)10-8-19/h4-10,15H,1,11-14,16H2,2-3H3. The van der Waals surface area contributed by atoms with Crippen LogP contribution in [-0.4, -0.2) is 50.7 Å². The minimum absolute atomic E-state index is 0.0464. The van der Waals surface area contributed by atoms with Gasteiger partial charge in [-0.3, -0.25) is 4.79 Å². The predicted molar refractivity (Wildman–Crippen MR) is 108 cm³/mol. The Morgan fingerprint density at radius 2 is 1.74 bits per heavy atom. The molecule has 0 bridgehead atoms. The Hall–Kier alpha value is -2.95. The van der Waals surface area contributed by atoms with E-state index >= 15 is 0 Å². The van der Waals surface area contributed by atoms with Gasteiger partial charge in [-0.25, -0.2) is 0 Å². The number of hydrogen-bond acceptors (Lipinski definition) is 4. The van der Waals surface area contributed by atoms with Crippen LogP contribution in [0.3, 0.4) is 0 Å². The Morgan fingerprint density at radius 3 is 2.37 bits per heavy atom. The molecule has 1 amide bonds. The molecule has 0 atom stereocenters. The molecule has 2 aromatic carbocycles. The van der Waals surface area contributed by atoms with Gasteiger partial charge in [-0.2, -0.15) is 0 Å². The van der Waals surface area contributed by atoms with Gasteiger partial charge in [0.15, 0.2) is 0 Å². The third-order valence-electron chi connectivity index (χ3n) is 4.57.